The van der Waals surface area contributed by atoms with Gasteiger partial charge in [-0.05, 0) is 34.2 Å². The van der Waals surface area contributed by atoms with E-state index >= 15 is 0 Å². The number of aliphatic hydroxyl groups excluding tert-OH is 2. The van der Waals surface area contributed by atoms with E-state index in [1.807, 2.05) is 26.2 Å². The van der Waals surface area contributed by atoms with Crippen molar-refractivity contribution >= 4 is 11.3 Å². The number of thiophene rings is 1. The third-order valence-corrected chi connectivity index (χ3v) is 3.63. The summed E-state index contributed by atoms with van der Waals surface area (Å²) in [6, 6.07) is 2.01. The molecule has 3 N–H and O–H groups in total. The molecule has 0 unspecified atom stereocenters. The maximum Gasteiger partial charge on any atom is 0.0604 e. The number of aliphatic hydroxyl groups is 2. The normalized spacial score (nSPS) is 15.8. The van der Waals surface area contributed by atoms with Gasteiger partial charge in [-0.1, -0.05) is 20.8 Å². The second-order valence-electron chi connectivity index (χ2n) is 5.51. The van der Waals surface area contributed by atoms with E-state index in [-0.39, 0.29) is 18.1 Å². The zero-order chi connectivity index (χ0) is 12.9. The SMILES string of the molecule is CC(C)(C)[C@@H](O)C[C@@H](CO)NCc1ccsc1. The molecule has 0 saturated heterocycles. The van der Waals surface area contributed by atoms with E-state index < -0.39 is 6.10 Å². The van der Waals surface area contributed by atoms with Crippen LogP contribution in [0.3, 0.4) is 0 Å². The topological polar surface area (TPSA) is 52.5 Å². The second kappa shape index (κ2) is 6.50. The summed E-state index contributed by atoms with van der Waals surface area (Å²) < 4.78 is 0. The van der Waals surface area contributed by atoms with Gasteiger partial charge >= 0.3 is 0 Å². The fraction of sp³-hybridized carbons (Fsp3) is 0.692. The van der Waals surface area contributed by atoms with Gasteiger partial charge in [0.05, 0.1) is 12.7 Å². The predicted octanol–water partition coefficient (Wildman–Crippen LogP) is 2.00. The molecule has 1 heterocycles. The first-order chi connectivity index (χ1) is 7.93. The van der Waals surface area contributed by atoms with E-state index in [2.05, 4.69) is 16.8 Å². The summed E-state index contributed by atoms with van der Waals surface area (Å²) in [5.41, 5.74) is 1.08. The van der Waals surface area contributed by atoms with Gasteiger partial charge in [0.1, 0.15) is 0 Å². The van der Waals surface area contributed by atoms with Gasteiger partial charge in [-0.2, -0.15) is 11.3 Å². The molecule has 0 amide bonds. The molecule has 98 valence electrons. The summed E-state index contributed by atoms with van der Waals surface area (Å²) >= 11 is 1.67. The van der Waals surface area contributed by atoms with E-state index in [9.17, 15) is 10.2 Å². The third kappa shape index (κ3) is 5.17. The van der Waals surface area contributed by atoms with Crippen LogP contribution in [0.15, 0.2) is 16.8 Å². The molecule has 0 aliphatic carbocycles. The molecular weight excluding hydrogens is 234 g/mol. The molecule has 3 nitrogen and oxygen atoms in total. The summed E-state index contributed by atoms with van der Waals surface area (Å²) in [5.74, 6) is 0. The molecular formula is C13H23NO2S. The van der Waals surface area contributed by atoms with Crippen LogP contribution in [-0.4, -0.2) is 29.0 Å². The average molecular weight is 257 g/mol. The molecule has 0 radical (unpaired) electrons. The number of hydrogen-bond donors (Lipinski definition) is 3. The molecule has 0 fully saturated rings. The molecule has 0 bridgehead atoms. The van der Waals surface area contributed by atoms with Crippen molar-refractivity contribution in [3.8, 4) is 0 Å². The average Bonchev–Trinajstić information content (AvgIpc) is 2.75. The molecule has 0 aromatic carbocycles. The second-order valence-corrected chi connectivity index (χ2v) is 6.29. The molecule has 17 heavy (non-hydrogen) atoms. The van der Waals surface area contributed by atoms with Gasteiger partial charge in [0.2, 0.25) is 0 Å². The zero-order valence-corrected chi connectivity index (χ0v) is 11.6. The largest absolute Gasteiger partial charge is 0.395 e. The van der Waals surface area contributed by atoms with Crippen molar-refractivity contribution in [2.45, 2.75) is 45.9 Å². The van der Waals surface area contributed by atoms with Crippen LogP contribution in [0.5, 0.6) is 0 Å². The monoisotopic (exact) mass is 257 g/mol. The Kier molecular flexibility index (Phi) is 5.59. The van der Waals surface area contributed by atoms with Crippen LogP contribution in [0.25, 0.3) is 0 Å². The van der Waals surface area contributed by atoms with Gasteiger partial charge in [0.15, 0.2) is 0 Å². The smallest absolute Gasteiger partial charge is 0.0604 e. The summed E-state index contributed by atoms with van der Waals surface area (Å²) in [4.78, 5) is 0. The van der Waals surface area contributed by atoms with Crippen molar-refractivity contribution in [3.05, 3.63) is 22.4 Å². The summed E-state index contributed by atoms with van der Waals surface area (Å²) in [6.45, 7) is 6.81. The van der Waals surface area contributed by atoms with E-state index in [4.69, 9.17) is 0 Å². The van der Waals surface area contributed by atoms with Crippen LogP contribution in [-0.2, 0) is 6.54 Å². The van der Waals surface area contributed by atoms with Crippen LogP contribution in [0.2, 0.25) is 0 Å². The third-order valence-electron chi connectivity index (χ3n) is 2.90. The first kappa shape index (κ1) is 14.6. The Labute approximate surface area is 107 Å². The van der Waals surface area contributed by atoms with Crippen LogP contribution in [0.1, 0.15) is 32.8 Å². The molecule has 0 aliphatic heterocycles. The Morgan fingerprint density at radius 2 is 2.12 bits per heavy atom. The molecule has 1 rings (SSSR count). The van der Waals surface area contributed by atoms with Crippen molar-refractivity contribution < 1.29 is 10.2 Å². The minimum Gasteiger partial charge on any atom is -0.395 e. The van der Waals surface area contributed by atoms with Crippen molar-refractivity contribution in [3.63, 3.8) is 0 Å². The Morgan fingerprint density at radius 3 is 2.59 bits per heavy atom. The van der Waals surface area contributed by atoms with Gasteiger partial charge < -0.3 is 15.5 Å². The summed E-state index contributed by atoms with van der Waals surface area (Å²) in [5, 5.41) is 26.7. The Bertz CT molecular complexity index is 306. The van der Waals surface area contributed by atoms with Crippen LogP contribution < -0.4 is 5.32 Å². The summed E-state index contributed by atoms with van der Waals surface area (Å²) in [7, 11) is 0. The lowest BCUT2D eigenvalue weighted by atomic mass is 9.85. The first-order valence-electron chi connectivity index (χ1n) is 5.97. The number of hydrogen-bond acceptors (Lipinski definition) is 4. The minimum atomic E-state index is -0.408. The highest BCUT2D eigenvalue weighted by atomic mass is 32.1. The van der Waals surface area contributed by atoms with Crippen LogP contribution in [0.4, 0.5) is 0 Å². The van der Waals surface area contributed by atoms with Crippen LogP contribution >= 0.6 is 11.3 Å². The standard InChI is InChI=1S/C13H23NO2S/c1-13(2,3)12(16)6-11(8-15)14-7-10-4-5-17-9-10/h4-5,9,11-12,14-16H,6-8H2,1-3H3/t11-,12-/m0/s1. The lowest BCUT2D eigenvalue weighted by Crippen LogP contribution is -2.39. The van der Waals surface area contributed by atoms with Gasteiger partial charge in [-0.15, -0.1) is 0 Å². The van der Waals surface area contributed by atoms with E-state index in [0.717, 1.165) is 6.54 Å². The fourth-order valence-electron chi connectivity index (χ4n) is 1.50. The maximum absolute atomic E-state index is 10.00. The lowest BCUT2D eigenvalue weighted by Gasteiger charge is -2.29. The van der Waals surface area contributed by atoms with Crippen molar-refractivity contribution in [1.82, 2.24) is 5.32 Å². The molecule has 0 saturated carbocycles. The predicted molar refractivity (Wildman–Crippen MR) is 72.1 cm³/mol. The minimum absolute atomic E-state index is 0.0517. The zero-order valence-electron chi connectivity index (χ0n) is 10.8. The van der Waals surface area contributed by atoms with Crippen LogP contribution in [0, 0.1) is 5.41 Å². The first-order valence-corrected chi connectivity index (χ1v) is 6.91. The summed E-state index contributed by atoms with van der Waals surface area (Å²) in [6.07, 6.45) is 0.166. The maximum atomic E-state index is 10.00. The van der Waals surface area contributed by atoms with Crippen molar-refractivity contribution in [2.24, 2.45) is 5.41 Å². The number of rotatable bonds is 6. The van der Waals surface area contributed by atoms with Gasteiger partial charge in [0.25, 0.3) is 0 Å². The molecule has 4 heteroatoms. The van der Waals surface area contributed by atoms with Gasteiger partial charge in [-0.25, -0.2) is 0 Å². The molecule has 1 aromatic rings. The van der Waals surface area contributed by atoms with E-state index in [0.29, 0.717) is 6.42 Å². The highest BCUT2D eigenvalue weighted by molar-refractivity contribution is 7.07. The molecule has 0 aliphatic rings. The molecule has 0 spiro atoms. The molecule has 2 atom stereocenters. The quantitative estimate of drug-likeness (QED) is 0.730. The Morgan fingerprint density at radius 1 is 1.41 bits per heavy atom. The highest BCUT2D eigenvalue weighted by Gasteiger charge is 2.25. The van der Waals surface area contributed by atoms with Gasteiger partial charge in [0, 0.05) is 12.6 Å². The van der Waals surface area contributed by atoms with Crippen molar-refractivity contribution in [1.29, 1.82) is 0 Å². The number of nitrogens with one attached hydrogen (secondary N) is 1. The van der Waals surface area contributed by atoms with Gasteiger partial charge in [-0.3, -0.25) is 0 Å². The highest BCUT2D eigenvalue weighted by Crippen LogP contribution is 2.22. The van der Waals surface area contributed by atoms with E-state index in [1.54, 1.807) is 11.3 Å². The molecule has 1 aromatic heterocycles. The lowest BCUT2D eigenvalue weighted by molar-refractivity contribution is 0.0389. The fourth-order valence-corrected chi connectivity index (χ4v) is 2.17. The Hall–Kier alpha value is -0.420. The van der Waals surface area contributed by atoms with Crippen molar-refractivity contribution in [2.75, 3.05) is 6.61 Å². The Balaban J connectivity index is 2.38. The van der Waals surface area contributed by atoms with E-state index in [1.165, 1.54) is 5.56 Å².